The maximum Gasteiger partial charge on any atom is 0.0502 e. The average Bonchev–Trinajstić information content (AvgIpc) is 2.70. The highest BCUT2D eigenvalue weighted by atomic mass is 35.5. The van der Waals surface area contributed by atoms with Gasteiger partial charge in [0.25, 0.3) is 0 Å². The van der Waals surface area contributed by atoms with Gasteiger partial charge in [-0.25, -0.2) is 0 Å². The Kier molecular flexibility index (Phi) is 4.33. The highest BCUT2D eigenvalue weighted by Crippen LogP contribution is 2.25. The van der Waals surface area contributed by atoms with Crippen LogP contribution in [0, 0.1) is 0 Å². The third-order valence-corrected chi connectivity index (χ3v) is 3.55. The lowest BCUT2D eigenvalue weighted by molar-refractivity contribution is 0.666. The Morgan fingerprint density at radius 3 is 2.44 bits per heavy atom. The fourth-order valence-corrected chi connectivity index (χ4v) is 2.49. The van der Waals surface area contributed by atoms with Crippen molar-refractivity contribution in [1.82, 2.24) is 4.57 Å². The van der Waals surface area contributed by atoms with Crippen LogP contribution in [0.5, 0.6) is 0 Å². The minimum atomic E-state index is 0.139. The normalized spacial score (nSPS) is 12.7. The van der Waals surface area contributed by atoms with Gasteiger partial charge in [-0.1, -0.05) is 29.3 Å². The second-order valence-electron chi connectivity index (χ2n) is 4.51. The van der Waals surface area contributed by atoms with Crippen LogP contribution in [0.2, 0.25) is 10.0 Å². The van der Waals surface area contributed by atoms with Crippen LogP contribution >= 0.6 is 23.2 Å². The van der Waals surface area contributed by atoms with Crippen molar-refractivity contribution in [2.45, 2.75) is 25.9 Å². The number of aromatic nitrogens is 1. The molecular weight excluding hydrogens is 267 g/mol. The molecule has 0 aliphatic carbocycles. The van der Waals surface area contributed by atoms with E-state index in [9.17, 15) is 0 Å². The molecule has 1 aromatic heterocycles. The zero-order chi connectivity index (χ0) is 13.1. The van der Waals surface area contributed by atoms with Crippen molar-refractivity contribution in [2.24, 2.45) is 5.73 Å². The standard InChI is InChI=1S/C14H16Cl2N2/c1-10(17)8-11-4-3-7-18(11)9-12-13(15)5-2-6-14(12)16/h2-7,10H,8-9,17H2,1H3. The van der Waals surface area contributed by atoms with Gasteiger partial charge in [-0.05, 0) is 31.2 Å². The monoisotopic (exact) mass is 282 g/mol. The molecule has 1 atom stereocenters. The molecule has 2 rings (SSSR count). The van der Waals surface area contributed by atoms with Crippen molar-refractivity contribution < 1.29 is 0 Å². The minimum Gasteiger partial charge on any atom is -0.347 e. The highest BCUT2D eigenvalue weighted by Gasteiger charge is 2.09. The van der Waals surface area contributed by atoms with E-state index in [0.29, 0.717) is 16.6 Å². The molecule has 1 aromatic carbocycles. The van der Waals surface area contributed by atoms with E-state index in [-0.39, 0.29) is 6.04 Å². The van der Waals surface area contributed by atoms with E-state index in [1.807, 2.05) is 37.4 Å². The van der Waals surface area contributed by atoms with E-state index < -0.39 is 0 Å². The predicted molar refractivity (Wildman–Crippen MR) is 77.3 cm³/mol. The van der Waals surface area contributed by atoms with Gasteiger partial charge in [0, 0.05) is 40.0 Å². The fourth-order valence-electron chi connectivity index (χ4n) is 1.97. The van der Waals surface area contributed by atoms with E-state index in [0.717, 1.165) is 12.0 Å². The van der Waals surface area contributed by atoms with Crippen molar-refractivity contribution >= 4 is 23.2 Å². The summed E-state index contributed by atoms with van der Waals surface area (Å²) in [4.78, 5) is 0. The molecule has 0 aliphatic rings. The van der Waals surface area contributed by atoms with E-state index in [1.54, 1.807) is 0 Å². The Morgan fingerprint density at radius 2 is 1.83 bits per heavy atom. The number of nitrogens with two attached hydrogens (primary N) is 1. The lowest BCUT2D eigenvalue weighted by Gasteiger charge is -2.13. The Bertz CT molecular complexity index is 512. The van der Waals surface area contributed by atoms with Crippen LogP contribution in [0.3, 0.4) is 0 Å². The smallest absolute Gasteiger partial charge is 0.0502 e. The van der Waals surface area contributed by atoms with Crippen molar-refractivity contribution in [3.8, 4) is 0 Å². The van der Waals surface area contributed by atoms with Crippen molar-refractivity contribution in [1.29, 1.82) is 0 Å². The number of benzene rings is 1. The van der Waals surface area contributed by atoms with Crippen LogP contribution in [0.4, 0.5) is 0 Å². The molecule has 18 heavy (non-hydrogen) atoms. The zero-order valence-corrected chi connectivity index (χ0v) is 11.7. The summed E-state index contributed by atoms with van der Waals surface area (Å²) >= 11 is 12.4. The molecule has 0 bridgehead atoms. The molecule has 0 amide bonds. The lowest BCUT2D eigenvalue weighted by Crippen LogP contribution is -2.20. The molecule has 0 spiro atoms. The van der Waals surface area contributed by atoms with Crippen LogP contribution in [0.1, 0.15) is 18.2 Å². The zero-order valence-electron chi connectivity index (χ0n) is 10.2. The maximum atomic E-state index is 6.18. The first-order chi connectivity index (χ1) is 8.58. The Morgan fingerprint density at radius 1 is 1.17 bits per heavy atom. The van der Waals surface area contributed by atoms with Crippen LogP contribution in [0.25, 0.3) is 0 Å². The molecule has 0 saturated carbocycles. The second-order valence-corrected chi connectivity index (χ2v) is 5.32. The van der Waals surface area contributed by atoms with Crippen LogP contribution in [-0.2, 0) is 13.0 Å². The molecule has 0 aliphatic heterocycles. The molecule has 1 unspecified atom stereocenters. The molecule has 0 radical (unpaired) electrons. The molecule has 96 valence electrons. The summed E-state index contributed by atoms with van der Waals surface area (Å²) in [6.45, 7) is 2.67. The van der Waals surface area contributed by atoms with Crippen molar-refractivity contribution in [3.63, 3.8) is 0 Å². The Hall–Kier alpha value is -0.960. The third-order valence-electron chi connectivity index (χ3n) is 2.84. The van der Waals surface area contributed by atoms with E-state index in [1.165, 1.54) is 5.69 Å². The topological polar surface area (TPSA) is 30.9 Å². The number of rotatable bonds is 4. The predicted octanol–water partition coefficient (Wildman–Crippen LogP) is 3.73. The van der Waals surface area contributed by atoms with E-state index >= 15 is 0 Å². The summed E-state index contributed by atoms with van der Waals surface area (Å²) in [5.74, 6) is 0. The summed E-state index contributed by atoms with van der Waals surface area (Å²) in [5, 5.41) is 1.39. The molecular formula is C14H16Cl2N2. The van der Waals surface area contributed by atoms with Gasteiger partial charge < -0.3 is 10.3 Å². The first kappa shape index (κ1) is 13.5. The van der Waals surface area contributed by atoms with Gasteiger partial charge in [0.05, 0.1) is 6.54 Å². The maximum absolute atomic E-state index is 6.18. The first-order valence-electron chi connectivity index (χ1n) is 5.90. The summed E-state index contributed by atoms with van der Waals surface area (Å²) < 4.78 is 2.14. The van der Waals surface area contributed by atoms with Crippen LogP contribution in [-0.4, -0.2) is 10.6 Å². The molecule has 0 saturated heterocycles. The summed E-state index contributed by atoms with van der Waals surface area (Å²) in [5.41, 5.74) is 7.98. The summed E-state index contributed by atoms with van der Waals surface area (Å²) in [6.07, 6.45) is 2.87. The number of hydrogen-bond acceptors (Lipinski definition) is 1. The molecule has 1 heterocycles. The lowest BCUT2D eigenvalue weighted by atomic mass is 10.2. The third kappa shape index (κ3) is 3.08. The Labute approximate surface area is 117 Å². The second kappa shape index (κ2) is 5.79. The SMILES string of the molecule is CC(N)Cc1cccn1Cc1c(Cl)cccc1Cl. The van der Waals surface area contributed by atoms with Gasteiger partial charge in [-0.3, -0.25) is 0 Å². The van der Waals surface area contributed by atoms with Gasteiger partial charge in [-0.2, -0.15) is 0 Å². The minimum absolute atomic E-state index is 0.139. The molecule has 2 nitrogen and oxygen atoms in total. The molecule has 2 N–H and O–H groups in total. The van der Waals surface area contributed by atoms with Crippen LogP contribution < -0.4 is 5.73 Å². The quantitative estimate of drug-likeness (QED) is 0.910. The van der Waals surface area contributed by atoms with Gasteiger partial charge >= 0.3 is 0 Å². The highest BCUT2D eigenvalue weighted by molar-refractivity contribution is 6.35. The molecule has 4 heteroatoms. The van der Waals surface area contributed by atoms with Crippen LogP contribution in [0.15, 0.2) is 36.5 Å². The largest absolute Gasteiger partial charge is 0.347 e. The average molecular weight is 283 g/mol. The van der Waals surface area contributed by atoms with Crippen molar-refractivity contribution in [2.75, 3.05) is 0 Å². The van der Waals surface area contributed by atoms with E-state index in [2.05, 4.69) is 10.6 Å². The number of hydrogen-bond donors (Lipinski definition) is 1. The molecule has 2 aromatic rings. The first-order valence-corrected chi connectivity index (χ1v) is 6.66. The summed E-state index contributed by atoms with van der Waals surface area (Å²) in [7, 11) is 0. The number of nitrogens with zero attached hydrogens (tertiary/aromatic N) is 1. The van der Waals surface area contributed by atoms with Gasteiger partial charge in [0.2, 0.25) is 0 Å². The van der Waals surface area contributed by atoms with Crippen molar-refractivity contribution in [3.05, 3.63) is 57.8 Å². The Balaban J connectivity index is 2.26. The molecule has 0 fully saturated rings. The van der Waals surface area contributed by atoms with E-state index in [4.69, 9.17) is 28.9 Å². The van der Waals surface area contributed by atoms with Gasteiger partial charge in [0.15, 0.2) is 0 Å². The fraction of sp³-hybridized carbons (Fsp3) is 0.286. The number of halogens is 2. The summed E-state index contributed by atoms with van der Waals surface area (Å²) in [6, 6.07) is 9.80. The van der Waals surface area contributed by atoms with Gasteiger partial charge in [-0.15, -0.1) is 0 Å². The van der Waals surface area contributed by atoms with Gasteiger partial charge in [0.1, 0.15) is 0 Å².